The summed E-state index contributed by atoms with van der Waals surface area (Å²) in [7, 11) is 1.40. The Morgan fingerprint density at radius 3 is 2.38 bits per heavy atom. The van der Waals surface area contributed by atoms with Gasteiger partial charge in [0.15, 0.2) is 0 Å². The molecule has 2 aromatic rings. The predicted molar refractivity (Wildman–Crippen MR) is 156 cm³/mol. The van der Waals surface area contributed by atoms with Crippen molar-refractivity contribution >= 4 is 29.6 Å². The van der Waals surface area contributed by atoms with E-state index in [2.05, 4.69) is 16.4 Å². The lowest BCUT2D eigenvalue weighted by atomic mass is 9.95. The second-order valence-corrected chi connectivity index (χ2v) is 9.95. The molecular weight excluding hydrogens is 544 g/mol. The summed E-state index contributed by atoms with van der Waals surface area (Å²) in [5.74, 6) is -3.35. The van der Waals surface area contributed by atoms with E-state index in [0.29, 0.717) is 18.4 Å². The first-order chi connectivity index (χ1) is 19.9. The molecule has 228 valence electrons. The lowest BCUT2D eigenvalue weighted by Gasteiger charge is -2.31. The molecule has 2 unspecified atom stereocenters. The van der Waals surface area contributed by atoms with Crippen molar-refractivity contribution in [2.45, 2.75) is 57.2 Å². The van der Waals surface area contributed by atoms with Crippen LogP contribution >= 0.6 is 0 Å². The molecule has 13 nitrogen and oxygen atoms in total. The summed E-state index contributed by atoms with van der Waals surface area (Å²) < 4.78 is 0. The number of benzene rings is 2. The Kier molecular flexibility index (Phi) is 12.9. The zero-order valence-electron chi connectivity index (χ0n) is 23.8. The van der Waals surface area contributed by atoms with Crippen LogP contribution in [0, 0.1) is 0 Å². The molecule has 4 amide bonds. The lowest BCUT2D eigenvalue weighted by Crippen LogP contribution is -2.57. The van der Waals surface area contributed by atoms with E-state index in [0.717, 1.165) is 21.6 Å². The molecule has 0 aliphatic carbocycles. The van der Waals surface area contributed by atoms with Crippen molar-refractivity contribution in [3.05, 3.63) is 53.6 Å². The van der Waals surface area contributed by atoms with Crippen LogP contribution in [0.5, 0.6) is 5.75 Å². The number of hydrogen-bond acceptors (Lipinski definition) is 8. The first-order valence-corrected chi connectivity index (χ1v) is 13.6. The molecule has 2 aromatic carbocycles. The molecule has 10 N–H and O–H groups in total. The lowest BCUT2D eigenvalue weighted by molar-refractivity contribution is -0.143. The van der Waals surface area contributed by atoms with Crippen molar-refractivity contribution in [1.82, 2.24) is 15.5 Å². The number of carboxylic acids is 1. The van der Waals surface area contributed by atoms with Gasteiger partial charge in [-0.2, -0.15) is 0 Å². The van der Waals surface area contributed by atoms with Crippen molar-refractivity contribution in [2.75, 3.05) is 20.1 Å². The molecule has 0 saturated carbocycles. The van der Waals surface area contributed by atoms with E-state index in [9.17, 15) is 29.1 Å². The number of nitrogens with zero attached hydrogens (tertiary/aromatic N) is 1. The number of amides is 4. The predicted octanol–water partition coefficient (Wildman–Crippen LogP) is -0.382. The number of rotatable bonds is 7. The number of carboxylic acid groups (broad SMARTS) is 1. The maximum atomic E-state index is 13.5. The van der Waals surface area contributed by atoms with Gasteiger partial charge in [-0.3, -0.25) is 24.0 Å². The summed E-state index contributed by atoms with van der Waals surface area (Å²) in [5, 5.41) is 24.6. The number of fused-ring (bicyclic) bond motifs is 5. The van der Waals surface area contributed by atoms with Gasteiger partial charge in [-0.25, -0.2) is 0 Å². The number of carbonyl (C=O) groups excluding carboxylic acids is 4. The summed E-state index contributed by atoms with van der Waals surface area (Å²) in [6, 6.07) is 9.30. The van der Waals surface area contributed by atoms with E-state index in [1.165, 1.54) is 13.1 Å². The Bertz CT molecular complexity index is 1280. The van der Waals surface area contributed by atoms with Crippen molar-refractivity contribution in [1.29, 1.82) is 0 Å². The first-order valence-electron chi connectivity index (χ1n) is 13.6. The van der Waals surface area contributed by atoms with Gasteiger partial charge in [0.2, 0.25) is 23.6 Å². The molecule has 0 spiro atoms. The zero-order valence-corrected chi connectivity index (χ0v) is 23.8. The minimum Gasteiger partial charge on any atom is -0.508 e. The second-order valence-electron chi connectivity index (χ2n) is 9.95. The minimum absolute atomic E-state index is 0.0730. The van der Waals surface area contributed by atoms with Crippen LogP contribution in [0.15, 0.2) is 42.5 Å². The van der Waals surface area contributed by atoms with Crippen LogP contribution in [0.25, 0.3) is 11.1 Å². The standard InChI is InChI=1S/C26H33N5O6.C3H7NO/c1-31-21(25(36)29-14-23(33)34)13-18-12-17(7-8-22(18)32)16-5-2-4-15(10-16)11-19(28)24(35)30-20(26(31)37)6-3-9-27;1-2-3(4)5/h2,4-5,7-8,10,12,19-21,32H,3,6,9,11,13-14,27-28H2,1H3,(H,29,36)(H,30,35)(H,33,34);2H2,1H3,(H2,4,5)/t19?,20-,21?;/m0./s1. The molecule has 3 rings (SSSR count). The normalized spacial score (nSPS) is 18.9. The molecule has 1 heterocycles. The number of nitrogens with two attached hydrogens (primary N) is 3. The number of aliphatic carboxylic acids is 1. The molecule has 0 fully saturated rings. The molecule has 13 heteroatoms. The van der Waals surface area contributed by atoms with Gasteiger partial charge in [-0.05, 0) is 60.2 Å². The van der Waals surface area contributed by atoms with Crippen molar-refractivity contribution in [3.63, 3.8) is 0 Å². The average Bonchev–Trinajstić information content (AvgIpc) is 2.96. The molecule has 0 saturated heterocycles. The Morgan fingerprint density at radius 1 is 1.10 bits per heavy atom. The van der Waals surface area contributed by atoms with Crippen LogP contribution in [-0.2, 0) is 36.8 Å². The van der Waals surface area contributed by atoms with Crippen molar-refractivity contribution < 1.29 is 34.2 Å². The van der Waals surface area contributed by atoms with Gasteiger partial charge in [0.05, 0.1) is 6.04 Å². The Labute approximate surface area is 244 Å². The molecule has 1 aliphatic heterocycles. The highest BCUT2D eigenvalue weighted by molar-refractivity contribution is 5.94. The van der Waals surface area contributed by atoms with Gasteiger partial charge >= 0.3 is 5.97 Å². The average molecular weight is 585 g/mol. The Balaban J connectivity index is 0.00000113. The summed E-state index contributed by atoms with van der Waals surface area (Å²) in [5.41, 5.74) is 19.3. The molecule has 3 atom stereocenters. The number of primary amides is 1. The van der Waals surface area contributed by atoms with E-state index >= 15 is 0 Å². The quantitative estimate of drug-likeness (QED) is 0.224. The van der Waals surface area contributed by atoms with Gasteiger partial charge in [0, 0.05) is 19.9 Å². The topological polar surface area (TPSA) is 231 Å². The van der Waals surface area contributed by atoms with Crippen molar-refractivity contribution in [3.8, 4) is 16.9 Å². The fraction of sp³-hybridized carbons (Fsp3) is 0.414. The Hall–Kier alpha value is -4.49. The maximum Gasteiger partial charge on any atom is 0.322 e. The maximum absolute atomic E-state index is 13.5. The molecule has 42 heavy (non-hydrogen) atoms. The minimum atomic E-state index is -1.24. The number of nitrogens with one attached hydrogen (secondary N) is 2. The van der Waals surface area contributed by atoms with E-state index in [1.807, 2.05) is 24.3 Å². The third-order valence-corrected chi connectivity index (χ3v) is 6.74. The second kappa shape index (κ2) is 16.1. The van der Waals surface area contributed by atoms with Crippen LogP contribution in [0.3, 0.4) is 0 Å². The van der Waals surface area contributed by atoms with Crippen LogP contribution in [0.4, 0.5) is 0 Å². The number of aromatic hydroxyl groups is 1. The SMILES string of the molecule is CCC(N)=O.CN1C(=O)[C@H](CCCN)NC(=O)C(N)Cc2cccc(c2)-c2ccc(O)c(c2)CC1C(=O)NCC(=O)O. The summed E-state index contributed by atoms with van der Waals surface area (Å²) in [6.07, 6.45) is 1.24. The van der Waals surface area contributed by atoms with Crippen molar-refractivity contribution in [2.24, 2.45) is 17.2 Å². The smallest absolute Gasteiger partial charge is 0.322 e. The largest absolute Gasteiger partial charge is 0.508 e. The third kappa shape index (κ3) is 9.85. The number of hydrogen-bond donors (Lipinski definition) is 7. The molecular formula is C29H40N6O7. The fourth-order valence-electron chi connectivity index (χ4n) is 4.30. The van der Waals surface area contributed by atoms with Crippen LogP contribution < -0.4 is 27.8 Å². The number of phenolic OH excluding ortho intramolecular Hbond substituents is 1. The zero-order chi connectivity index (χ0) is 31.4. The van der Waals surface area contributed by atoms with Gasteiger partial charge in [-0.15, -0.1) is 0 Å². The van der Waals surface area contributed by atoms with Crippen LogP contribution in [0.2, 0.25) is 0 Å². The highest BCUT2D eigenvalue weighted by Gasteiger charge is 2.33. The van der Waals surface area contributed by atoms with Gasteiger partial charge in [0.25, 0.3) is 0 Å². The van der Waals surface area contributed by atoms with Gasteiger partial charge < -0.3 is 42.9 Å². The van der Waals surface area contributed by atoms with E-state index in [1.54, 1.807) is 19.1 Å². The van der Waals surface area contributed by atoms with Gasteiger partial charge in [-0.1, -0.05) is 37.3 Å². The highest BCUT2D eigenvalue weighted by Crippen LogP contribution is 2.29. The highest BCUT2D eigenvalue weighted by atomic mass is 16.4. The van der Waals surface area contributed by atoms with Gasteiger partial charge in [0.1, 0.15) is 24.4 Å². The summed E-state index contributed by atoms with van der Waals surface area (Å²) in [6.45, 7) is 1.37. The van der Waals surface area contributed by atoms with Crippen LogP contribution in [0.1, 0.15) is 37.3 Å². The molecule has 0 radical (unpaired) electrons. The molecule has 4 bridgehead atoms. The summed E-state index contributed by atoms with van der Waals surface area (Å²) in [4.78, 5) is 61.3. The van der Waals surface area contributed by atoms with E-state index in [4.69, 9.17) is 16.6 Å². The molecule has 0 aromatic heterocycles. The fourth-order valence-corrected chi connectivity index (χ4v) is 4.30. The number of carbonyl (C=O) groups is 5. The Morgan fingerprint density at radius 2 is 1.76 bits per heavy atom. The summed E-state index contributed by atoms with van der Waals surface area (Å²) >= 11 is 0. The third-order valence-electron chi connectivity index (χ3n) is 6.74. The van der Waals surface area contributed by atoms with E-state index < -0.39 is 48.4 Å². The number of phenols is 1. The van der Waals surface area contributed by atoms with Crippen LogP contribution in [-0.4, -0.2) is 83.0 Å². The van der Waals surface area contributed by atoms with E-state index in [-0.39, 0.29) is 37.5 Å². The monoisotopic (exact) mass is 584 g/mol. The number of likely N-dealkylation sites (N-methyl/N-ethyl adjacent to an activating group) is 1. The molecule has 1 aliphatic rings. The first kappa shape index (κ1) is 33.7.